The topological polar surface area (TPSA) is 38.3 Å². The molecule has 0 aromatic heterocycles. The largest absolute Gasteiger partial charge is 0.368 e. The van der Waals surface area contributed by atoms with E-state index in [0.717, 1.165) is 25.3 Å². The summed E-state index contributed by atoms with van der Waals surface area (Å²) < 4.78 is 5.54. The second kappa shape index (κ2) is 5.28. The van der Waals surface area contributed by atoms with Gasteiger partial charge >= 0.3 is 0 Å². The van der Waals surface area contributed by atoms with Gasteiger partial charge in [-0.2, -0.15) is 0 Å². The molecule has 0 amide bonds. The van der Waals surface area contributed by atoms with Gasteiger partial charge in [-0.3, -0.25) is 4.79 Å². The molecule has 4 atom stereocenters. The molecule has 16 heavy (non-hydrogen) atoms. The summed E-state index contributed by atoms with van der Waals surface area (Å²) in [6, 6.07) is 0. The third-order valence-corrected chi connectivity index (χ3v) is 4.25. The summed E-state index contributed by atoms with van der Waals surface area (Å²) in [5.41, 5.74) is 0. The summed E-state index contributed by atoms with van der Waals surface area (Å²) in [5.74, 6) is 2.04. The van der Waals surface area contributed by atoms with Gasteiger partial charge in [0.15, 0.2) is 5.78 Å². The van der Waals surface area contributed by atoms with Gasteiger partial charge in [0.05, 0.1) is 6.61 Å². The van der Waals surface area contributed by atoms with Crippen molar-refractivity contribution in [1.82, 2.24) is 5.32 Å². The molecule has 1 saturated heterocycles. The Hall–Kier alpha value is -0.410. The van der Waals surface area contributed by atoms with E-state index >= 15 is 0 Å². The molecule has 1 aliphatic carbocycles. The minimum atomic E-state index is -0.181. The molecule has 0 radical (unpaired) electrons. The van der Waals surface area contributed by atoms with Gasteiger partial charge in [0.25, 0.3) is 0 Å². The highest BCUT2D eigenvalue weighted by molar-refractivity contribution is 5.85. The van der Waals surface area contributed by atoms with Crippen molar-refractivity contribution in [3.05, 3.63) is 0 Å². The van der Waals surface area contributed by atoms with Gasteiger partial charge in [-0.1, -0.05) is 13.8 Å². The van der Waals surface area contributed by atoms with Crippen LogP contribution < -0.4 is 5.32 Å². The minimum absolute atomic E-state index is 0.181. The van der Waals surface area contributed by atoms with E-state index in [2.05, 4.69) is 19.2 Å². The molecule has 0 aromatic rings. The molecular weight excluding hydrogens is 202 g/mol. The number of carbonyl (C=O) groups is 1. The van der Waals surface area contributed by atoms with Crippen LogP contribution >= 0.6 is 0 Å². The number of morpholine rings is 1. The number of rotatable bonds is 2. The van der Waals surface area contributed by atoms with Crippen LogP contribution in [0, 0.1) is 17.8 Å². The summed E-state index contributed by atoms with van der Waals surface area (Å²) in [7, 11) is 0. The van der Waals surface area contributed by atoms with Crippen molar-refractivity contribution < 1.29 is 9.53 Å². The molecule has 2 aliphatic rings. The van der Waals surface area contributed by atoms with E-state index in [-0.39, 0.29) is 12.0 Å². The molecule has 2 rings (SSSR count). The molecule has 2 fully saturated rings. The third kappa shape index (κ3) is 2.64. The van der Waals surface area contributed by atoms with E-state index < -0.39 is 0 Å². The number of Topliss-reactive ketones (excluding diaryl/α,β-unsaturated/α-hetero) is 1. The molecule has 1 saturated carbocycles. The SMILES string of the molecule is CC1CCC(C(=O)C2CNCCO2)CC1C. The fraction of sp³-hybridized carbons (Fsp3) is 0.923. The van der Waals surface area contributed by atoms with Gasteiger partial charge < -0.3 is 10.1 Å². The first-order chi connectivity index (χ1) is 7.68. The van der Waals surface area contributed by atoms with Crippen LogP contribution in [0.1, 0.15) is 33.1 Å². The number of nitrogens with one attached hydrogen (secondary N) is 1. The lowest BCUT2D eigenvalue weighted by atomic mass is 9.73. The van der Waals surface area contributed by atoms with E-state index in [9.17, 15) is 4.79 Å². The molecule has 0 bridgehead atoms. The number of hydrogen-bond acceptors (Lipinski definition) is 3. The second-order valence-electron chi connectivity index (χ2n) is 5.43. The Balaban J connectivity index is 1.89. The number of ketones is 1. The lowest BCUT2D eigenvalue weighted by Gasteiger charge is -2.34. The van der Waals surface area contributed by atoms with E-state index in [1.54, 1.807) is 0 Å². The summed E-state index contributed by atoms with van der Waals surface area (Å²) in [5, 5.41) is 3.23. The molecule has 0 aromatic carbocycles. The average molecular weight is 225 g/mol. The van der Waals surface area contributed by atoms with Gasteiger partial charge in [0.2, 0.25) is 0 Å². The average Bonchev–Trinajstić information content (AvgIpc) is 2.33. The fourth-order valence-corrected chi connectivity index (χ4v) is 2.82. The van der Waals surface area contributed by atoms with Gasteiger partial charge in [-0.05, 0) is 31.1 Å². The van der Waals surface area contributed by atoms with Crippen LogP contribution in [0.2, 0.25) is 0 Å². The molecule has 1 N–H and O–H groups in total. The molecule has 1 heterocycles. The van der Waals surface area contributed by atoms with Gasteiger partial charge in [-0.25, -0.2) is 0 Å². The monoisotopic (exact) mass is 225 g/mol. The number of carbonyl (C=O) groups excluding carboxylic acids is 1. The van der Waals surface area contributed by atoms with Crippen LogP contribution in [0.5, 0.6) is 0 Å². The molecule has 1 aliphatic heterocycles. The van der Waals surface area contributed by atoms with E-state index in [1.165, 1.54) is 6.42 Å². The zero-order chi connectivity index (χ0) is 11.5. The Bertz CT molecular complexity index is 248. The number of hydrogen-bond donors (Lipinski definition) is 1. The lowest BCUT2D eigenvalue weighted by Crippen LogP contribution is -2.46. The standard InChI is InChI=1S/C13H23NO2/c1-9-3-4-11(7-10(9)2)13(15)12-8-14-5-6-16-12/h9-12,14H,3-8H2,1-2H3. The summed E-state index contributed by atoms with van der Waals surface area (Å²) in [6.07, 6.45) is 3.13. The van der Waals surface area contributed by atoms with Crippen LogP contribution in [-0.2, 0) is 9.53 Å². The first kappa shape index (κ1) is 12.1. The predicted molar refractivity (Wildman–Crippen MR) is 63.3 cm³/mol. The third-order valence-electron chi connectivity index (χ3n) is 4.25. The maximum absolute atomic E-state index is 12.2. The quantitative estimate of drug-likeness (QED) is 0.776. The molecule has 3 nitrogen and oxygen atoms in total. The van der Waals surface area contributed by atoms with Crippen LogP contribution in [0.15, 0.2) is 0 Å². The molecule has 92 valence electrons. The first-order valence-corrected chi connectivity index (χ1v) is 6.54. The van der Waals surface area contributed by atoms with Gasteiger partial charge in [-0.15, -0.1) is 0 Å². The second-order valence-corrected chi connectivity index (χ2v) is 5.43. The summed E-state index contributed by atoms with van der Waals surface area (Å²) in [4.78, 5) is 12.2. The van der Waals surface area contributed by atoms with Crippen LogP contribution in [0.25, 0.3) is 0 Å². The summed E-state index contributed by atoms with van der Waals surface area (Å²) >= 11 is 0. The predicted octanol–water partition coefficient (Wildman–Crippen LogP) is 1.62. The molecular formula is C13H23NO2. The highest BCUT2D eigenvalue weighted by Gasteiger charge is 2.33. The fourth-order valence-electron chi connectivity index (χ4n) is 2.82. The van der Waals surface area contributed by atoms with Crippen molar-refractivity contribution >= 4 is 5.78 Å². The Labute approximate surface area is 97.9 Å². The van der Waals surface area contributed by atoms with Gasteiger partial charge in [0.1, 0.15) is 6.10 Å². The van der Waals surface area contributed by atoms with E-state index in [0.29, 0.717) is 24.9 Å². The normalized spacial score (nSPS) is 40.6. The molecule has 3 heteroatoms. The Kier molecular flexibility index (Phi) is 3.98. The van der Waals surface area contributed by atoms with Crippen molar-refractivity contribution in [3.63, 3.8) is 0 Å². The van der Waals surface area contributed by atoms with Crippen molar-refractivity contribution in [2.24, 2.45) is 17.8 Å². The van der Waals surface area contributed by atoms with Crippen molar-refractivity contribution in [1.29, 1.82) is 0 Å². The highest BCUT2D eigenvalue weighted by atomic mass is 16.5. The Morgan fingerprint density at radius 2 is 2.06 bits per heavy atom. The van der Waals surface area contributed by atoms with Gasteiger partial charge in [0, 0.05) is 19.0 Å². The maximum atomic E-state index is 12.2. The number of ether oxygens (including phenoxy) is 1. The van der Waals surface area contributed by atoms with Crippen LogP contribution in [-0.4, -0.2) is 31.6 Å². The molecule has 4 unspecified atom stereocenters. The van der Waals surface area contributed by atoms with Crippen molar-refractivity contribution in [3.8, 4) is 0 Å². The van der Waals surface area contributed by atoms with Crippen molar-refractivity contribution in [2.75, 3.05) is 19.7 Å². The highest BCUT2D eigenvalue weighted by Crippen LogP contribution is 2.34. The lowest BCUT2D eigenvalue weighted by molar-refractivity contribution is -0.138. The zero-order valence-corrected chi connectivity index (χ0v) is 10.4. The van der Waals surface area contributed by atoms with Crippen LogP contribution in [0.4, 0.5) is 0 Å². The summed E-state index contributed by atoms with van der Waals surface area (Å²) in [6.45, 7) is 6.82. The van der Waals surface area contributed by atoms with E-state index in [1.807, 2.05) is 0 Å². The van der Waals surface area contributed by atoms with Crippen molar-refractivity contribution in [2.45, 2.75) is 39.2 Å². The minimum Gasteiger partial charge on any atom is -0.368 e. The zero-order valence-electron chi connectivity index (χ0n) is 10.4. The maximum Gasteiger partial charge on any atom is 0.165 e. The first-order valence-electron chi connectivity index (χ1n) is 6.54. The molecule has 0 spiro atoms. The van der Waals surface area contributed by atoms with Crippen LogP contribution in [0.3, 0.4) is 0 Å². The van der Waals surface area contributed by atoms with E-state index in [4.69, 9.17) is 4.74 Å². The Morgan fingerprint density at radius 1 is 1.25 bits per heavy atom. The smallest absolute Gasteiger partial charge is 0.165 e. The Morgan fingerprint density at radius 3 is 2.69 bits per heavy atom.